The highest BCUT2D eigenvalue weighted by molar-refractivity contribution is 14.0. The number of nitrogens with two attached hydrogens (primary N) is 1. The number of fused-ring (bicyclic) bond motifs is 1. The van der Waals surface area contributed by atoms with E-state index in [2.05, 4.69) is 20.4 Å². The molecule has 4 N–H and O–H groups in total. The molecule has 1 aliphatic rings. The second-order valence-corrected chi connectivity index (χ2v) is 6.18. The lowest BCUT2D eigenvalue weighted by atomic mass is 10.0. The highest BCUT2D eigenvalue weighted by atomic mass is 127. The number of nitrogens with one attached hydrogen (secondary N) is 2. The maximum absolute atomic E-state index is 12.1. The number of anilines is 2. The molecule has 0 aromatic heterocycles. The molecule has 0 saturated heterocycles. The molecule has 0 spiro atoms. The van der Waals surface area contributed by atoms with Crippen LogP contribution in [-0.4, -0.2) is 31.4 Å². The molecule has 30 heavy (non-hydrogen) atoms. The zero-order valence-corrected chi connectivity index (χ0v) is 18.0. The number of ether oxygens (including phenoxy) is 2. The Hall–Kier alpha value is -2.70. The van der Waals surface area contributed by atoms with E-state index >= 15 is 0 Å². The number of halogens is 4. The maximum Gasteiger partial charge on any atom is 0.573 e. The van der Waals surface area contributed by atoms with Crippen LogP contribution in [0.4, 0.5) is 24.5 Å². The highest BCUT2D eigenvalue weighted by Gasteiger charge is 2.30. The quantitative estimate of drug-likeness (QED) is 0.225. The molecule has 1 aliphatic heterocycles. The Morgan fingerprint density at radius 2 is 1.83 bits per heavy atom. The number of guanidine groups is 1. The third-order valence-corrected chi connectivity index (χ3v) is 3.97. The molecule has 0 radical (unpaired) electrons. The number of benzene rings is 2. The number of aliphatic imine (C=N–C) groups is 1. The van der Waals surface area contributed by atoms with Crippen LogP contribution >= 0.6 is 24.0 Å². The number of hydrogen-bond donors (Lipinski definition) is 3. The van der Waals surface area contributed by atoms with Crippen LogP contribution in [-0.2, 0) is 11.2 Å². The predicted octanol–water partition coefficient (Wildman–Crippen LogP) is 3.89. The molecular weight excluding hydrogens is 516 g/mol. The molecule has 2 aromatic rings. The number of carbonyl (C=O) groups is 1. The molecule has 3 rings (SSSR count). The van der Waals surface area contributed by atoms with Crippen LogP contribution in [0.15, 0.2) is 47.5 Å². The smallest absolute Gasteiger partial charge is 0.492 e. The Bertz CT molecular complexity index is 905. The van der Waals surface area contributed by atoms with E-state index in [1.807, 2.05) is 6.07 Å². The van der Waals surface area contributed by atoms with Gasteiger partial charge in [0.05, 0.1) is 6.54 Å². The highest BCUT2D eigenvalue weighted by Crippen LogP contribution is 2.27. The predicted molar refractivity (Wildman–Crippen MR) is 118 cm³/mol. The summed E-state index contributed by atoms with van der Waals surface area (Å²) in [6.07, 6.45) is -3.62. The lowest BCUT2D eigenvalue weighted by Gasteiger charge is -2.17. The number of amides is 1. The molecule has 0 aliphatic carbocycles. The van der Waals surface area contributed by atoms with E-state index in [9.17, 15) is 18.0 Å². The first-order valence-corrected chi connectivity index (χ1v) is 8.77. The average molecular weight is 536 g/mol. The van der Waals surface area contributed by atoms with Crippen molar-refractivity contribution in [3.63, 3.8) is 0 Å². The Kier molecular flexibility index (Phi) is 8.15. The van der Waals surface area contributed by atoms with Crippen molar-refractivity contribution in [3.8, 4) is 11.5 Å². The van der Waals surface area contributed by atoms with Crippen LogP contribution in [0, 0.1) is 0 Å². The van der Waals surface area contributed by atoms with Gasteiger partial charge in [0, 0.05) is 17.8 Å². The van der Waals surface area contributed by atoms with Gasteiger partial charge in [-0.2, -0.15) is 0 Å². The minimum absolute atomic E-state index is 0. The summed E-state index contributed by atoms with van der Waals surface area (Å²) >= 11 is 0. The number of rotatable bonds is 6. The fraction of sp³-hybridized carbons (Fsp3) is 0.263. The van der Waals surface area contributed by atoms with Crippen molar-refractivity contribution >= 4 is 47.2 Å². The van der Waals surface area contributed by atoms with E-state index in [4.69, 9.17) is 10.5 Å². The number of hydrogen-bond acceptors (Lipinski definition) is 4. The van der Waals surface area contributed by atoms with Gasteiger partial charge in [-0.1, -0.05) is 0 Å². The first-order chi connectivity index (χ1) is 13.8. The van der Waals surface area contributed by atoms with Gasteiger partial charge >= 0.3 is 6.36 Å². The van der Waals surface area contributed by atoms with Gasteiger partial charge in [-0.05, 0) is 54.4 Å². The van der Waals surface area contributed by atoms with Gasteiger partial charge in [0.1, 0.15) is 18.1 Å². The minimum atomic E-state index is -4.73. The molecule has 0 fully saturated rings. The summed E-state index contributed by atoms with van der Waals surface area (Å²) < 4.78 is 45.9. The maximum atomic E-state index is 12.1. The van der Waals surface area contributed by atoms with Crippen LogP contribution < -0.4 is 25.8 Å². The van der Waals surface area contributed by atoms with Gasteiger partial charge in [-0.15, -0.1) is 37.1 Å². The topological polar surface area (TPSA) is 98.0 Å². The van der Waals surface area contributed by atoms with E-state index in [1.165, 1.54) is 24.3 Å². The fourth-order valence-electron chi connectivity index (χ4n) is 2.71. The molecular formula is C19H20F3IN4O3. The van der Waals surface area contributed by atoms with Crippen LogP contribution in [0.2, 0.25) is 0 Å². The molecule has 0 bridgehead atoms. The number of aryl methyl sites for hydroxylation is 1. The summed E-state index contributed by atoms with van der Waals surface area (Å²) in [6, 6.07) is 10.6. The van der Waals surface area contributed by atoms with E-state index in [0.29, 0.717) is 24.3 Å². The van der Waals surface area contributed by atoms with Crippen molar-refractivity contribution < 1.29 is 27.4 Å². The lowest BCUT2D eigenvalue weighted by Crippen LogP contribution is -2.23. The molecule has 11 heteroatoms. The Labute approximate surface area is 187 Å². The van der Waals surface area contributed by atoms with Gasteiger partial charge < -0.3 is 25.8 Å². The van der Waals surface area contributed by atoms with Crippen molar-refractivity contribution in [2.24, 2.45) is 10.7 Å². The summed E-state index contributed by atoms with van der Waals surface area (Å²) in [4.78, 5) is 15.5. The molecule has 7 nitrogen and oxygen atoms in total. The van der Waals surface area contributed by atoms with Gasteiger partial charge in [-0.25, -0.2) is 4.99 Å². The van der Waals surface area contributed by atoms with Gasteiger partial charge in [-0.3, -0.25) is 4.79 Å². The molecule has 0 saturated carbocycles. The normalized spacial score (nSPS) is 13.6. The molecule has 1 heterocycles. The second-order valence-electron chi connectivity index (χ2n) is 6.18. The third-order valence-electron chi connectivity index (χ3n) is 3.97. The van der Waals surface area contributed by atoms with Crippen molar-refractivity contribution in [3.05, 3.63) is 48.0 Å². The SMILES string of the molecule is I.NC(=NCCOc1ccc2c(c1)CCC(=O)N2)Nc1ccc(OC(F)(F)F)cc1. The van der Waals surface area contributed by atoms with E-state index in [0.717, 1.165) is 11.3 Å². The van der Waals surface area contributed by atoms with Crippen LogP contribution in [0.5, 0.6) is 11.5 Å². The standard InChI is InChI=1S/C19H19F3N4O3.HI/c20-19(21,22)29-14-4-2-13(3-5-14)25-18(23)24-9-10-28-15-6-7-16-12(11-15)1-8-17(27)26-16;/h2-7,11H,1,8-10H2,(H,26,27)(H3,23,24,25);1H. The van der Waals surface area contributed by atoms with Gasteiger partial charge in [0.25, 0.3) is 0 Å². The van der Waals surface area contributed by atoms with E-state index in [1.54, 1.807) is 12.1 Å². The molecule has 162 valence electrons. The first kappa shape index (κ1) is 23.6. The van der Waals surface area contributed by atoms with Gasteiger partial charge in [0.15, 0.2) is 5.96 Å². The van der Waals surface area contributed by atoms with E-state index in [-0.39, 0.29) is 54.7 Å². The summed E-state index contributed by atoms with van der Waals surface area (Å²) in [7, 11) is 0. The lowest BCUT2D eigenvalue weighted by molar-refractivity contribution is -0.274. The van der Waals surface area contributed by atoms with Crippen molar-refractivity contribution in [1.82, 2.24) is 0 Å². The zero-order chi connectivity index (χ0) is 20.9. The second kappa shape index (κ2) is 10.4. The summed E-state index contributed by atoms with van der Waals surface area (Å²) in [5, 5.41) is 5.57. The molecule has 1 amide bonds. The summed E-state index contributed by atoms with van der Waals surface area (Å²) in [5.41, 5.74) is 8.05. The van der Waals surface area contributed by atoms with Crippen molar-refractivity contribution in [2.75, 3.05) is 23.8 Å². The summed E-state index contributed by atoms with van der Waals surface area (Å²) in [5.74, 6) is 0.454. The number of nitrogens with zero attached hydrogens (tertiary/aromatic N) is 1. The number of alkyl halides is 3. The van der Waals surface area contributed by atoms with Gasteiger partial charge in [0.2, 0.25) is 5.91 Å². The summed E-state index contributed by atoms with van der Waals surface area (Å²) in [6.45, 7) is 0.563. The van der Waals surface area contributed by atoms with Crippen molar-refractivity contribution in [2.45, 2.75) is 19.2 Å². The van der Waals surface area contributed by atoms with Crippen molar-refractivity contribution in [1.29, 1.82) is 0 Å². The number of carbonyl (C=O) groups excluding carboxylic acids is 1. The monoisotopic (exact) mass is 536 g/mol. The van der Waals surface area contributed by atoms with Crippen LogP contribution in [0.25, 0.3) is 0 Å². The fourth-order valence-corrected chi connectivity index (χ4v) is 2.71. The third kappa shape index (κ3) is 7.28. The van der Waals surface area contributed by atoms with Crippen LogP contribution in [0.3, 0.4) is 0 Å². The Balaban J connectivity index is 0.00000320. The minimum Gasteiger partial charge on any atom is -0.492 e. The Morgan fingerprint density at radius 1 is 1.13 bits per heavy atom. The largest absolute Gasteiger partial charge is 0.573 e. The molecule has 0 unspecified atom stereocenters. The first-order valence-electron chi connectivity index (χ1n) is 8.77. The average Bonchev–Trinajstić information content (AvgIpc) is 2.66. The molecule has 2 aromatic carbocycles. The molecule has 0 atom stereocenters. The van der Waals surface area contributed by atoms with Crippen LogP contribution in [0.1, 0.15) is 12.0 Å². The zero-order valence-electron chi connectivity index (χ0n) is 15.7. The Morgan fingerprint density at radius 3 is 2.53 bits per heavy atom. The van der Waals surface area contributed by atoms with E-state index < -0.39 is 6.36 Å².